The molecule has 0 bridgehead atoms. The molecule has 0 amide bonds. The molecule has 1 aliphatic carbocycles. The van der Waals surface area contributed by atoms with E-state index < -0.39 is 0 Å². The second-order valence-corrected chi connectivity index (χ2v) is 4.75. The number of pyridine rings is 1. The molecule has 2 unspecified atom stereocenters. The first-order valence-electron chi connectivity index (χ1n) is 6.19. The lowest BCUT2D eigenvalue weighted by molar-refractivity contribution is 0.775. The first-order valence-corrected chi connectivity index (χ1v) is 6.19. The number of fused-ring (bicyclic) bond motifs is 1. The largest absolute Gasteiger partial charge is 0.397 e. The third-order valence-electron chi connectivity index (χ3n) is 3.61. The van der Waals surface area contributed by atoms with Gasteiger partial charge in [0.1, 0.15) is 0 Å². The lowest BCUT2D eigenvalue weighted by Crippen LogP contribution is -2.07. The van der Waals surface area contributed by atoms with E-state index in [4.69, 9.17) is 5.73 Å². The van der Waals surface area contributed by atoms with Crippen LogP contribution in [0.3, 0.4) is 0 Å². The van der Waals surface area contributed by atoms with E-state index in [0.29, 0.717) is 6.04 Å². The third-order valence-corrected chi connectivity index (χ3v) is 3.61. The highest BCUT2D eigenvalue weighted by molar-refractivity contribution is 5.96. The van der Waals surface area contributed by atoms with E-state index in [1.54, 1.807) is 6.20 Å². The molecule has 1 aromatic heterocycles. The van der Waals surface area contributed by atoms with Crippen molar-refractivity contribution in [3.63, 3.8) is 0 Å². The fraction of sp³-hybridized carbons (Fsp3) is 0.357. The van der Waals surface area contributed by atoms with E-state index in [1.165, 1.54) is 12.8 Å². The molecular formula is C14H17N3. The monoisotopic (exact) mass is 227 g/mol. The van der Waals surface area contributed by atoms with Crippen LogP contribution in [0.4, 0.5) is 11.4 Å². The van der Waals surface area contributed by atoms with Gasteiger partial charge in [-0.2, -0.15) is 0 Å². The Morgan fingerprint density at radius 3 is 3.06 bits per heavy atom. The summed E-state index contributed by atoms with van der Waals surface area (Å²) in [6, 6.07) is 8.62. The highest BCUT2D eigenvalue weighted by Gasteiger charge is 2.35. The van der Waals surface area contributed by atoms with E-state index in [9.17, 15) is 0 Å². The quantitative estimate of drug-likeness (QED) is 0.792. The smallest absolute Gasteiger partial charge is 0.0724 e. The minimum atomic E-state index is 0.608. The number of hydrogen-bond donors (Lipinski definition) is 2. The van der Waals surface area contributed by atoms with Gasteiger partial charge in [0.15, 0.2) is 0 Å². The summed E-state index contributed by atoms with van der Waals surface area (Å²) in [7, 11) is 0. The summed E-state index contributed by atoms with van der Waals surface area (Å²) >= 11 is 0. The number of nitrogens with zero attached hydrogens (tertiary/aromatic N) is 1. The van der Waals surface area contributed by atoms with Crippen LogP contribution in [0.25, 0.3) is 10.9 Å². The molecule has 3 N–H and O–H groups in total. The van der Waals surface area contributed by atoms with Gasteiger partial charge in [-0.25, -0.2) is 0 Å². The Balaban J connectivity index is 1.92. The Labute approximate surface area is 101 Å². The Morgan fingerprint density at radius 1 is 1.41 bits per heavy atom. The minimum absolute atomic E-state index is 0.608. The van der Waals surface area contributed by atoms with Crippen LogP contribution in [-0.4, -0.2) is 11.0 Å². The number of benzene rings is 1. The Hall–Kier alpha value is -1.77. The Kier molecular flexibility index (Phi) is 2.39. The summed E-state index contributed by atoms with van der Waals surface area (Å²) in [6.07, 6.45) is 4.30. The highest BCUT2D eigenvalue weighted by Crippen LogP contribution is 2.38. The van der Waals surface area contributed by atoms with Crippen LogP contribution < -0.4 is 11.1 Å². The van der Waals surface area contributed by atoms with Gasteiger partial charge in [-0.1, -0.05) is 13.3 Å². The van der Waals surface area contributed by atoms with E-state index in [0.717, 1.165) is 28.2 Å². The summed E-state index contributed by atoms with van der Waals surface area (Å²) in [4.78, 5) is 4.30. The van der Waals surface area contributed by atoms with Crippen LogP contribution in [0, 0.1) is 5.92 Å². The molecule has 0 radical (unpaired) electrons. The summed E-state index contributed by atoms with van der Waals surface area (Å²) in [5.41, 5.74) is 9.00. The first-order chi connectivity index (χ1) is 8.29. The molecule has 1 saturated carbocycles. The van der Waals surface area contributed by atoms with Gasteiger partial charge in [0.05, 0.1) is 16.9 Å². The maximum Gasteiger partial charge on any atom is 0.0724 e. The molecule has 0 saturated heterocycles. The van der Waals surface area contributed by atoms with Crippen LogP contribution in [0.2, 0.25) is 0 Å². The number of rotatable bonds is 3. The molecule has 3 nitrogen and oxygen atoms in total. The van der Waals surface area contributed by atoms with Crippen LogP contribution in [0.15, 0.2) is 30.5 Å². The Morgan fingerprint density at radius 2 is 2.29 bits per heavy atom. The number of aromatic nitrogens is 1. The number of nitrogens with one attached hydrogen (secondary N) is 1. The number of hydrogen-bond acceptors (Lipinski definition) is 3. The molecule has 1 aromatic carbocycles. The lowest BCUT2D eigenvalue weighted by Gasteiger charge is -2.11. The summed E-state index contributed by atoms with van der Waals surface area (Å²) < 4.78 is 0. The van der Waals surface area contributed by atoms with Crippen molar-refractivity contribution in [2.24, 2.45) is 5.92 Å². The molecule has 0 spiro atoms. The normalized spacial score (nSPS) is 22.6. The average molecular weight is 227 g/mol. The molecule has 1 aliphatic rings. The number of nitrogens with two attached hydrogens (primary N) is 1. The molecule has 1 heterocycles. The third kappa shape index (κ3) is 1.82. The van der Waals surface area contributed by atoms with Gasteiger partial charge in [0.2, 0.25) is 0 Å². The topological polar surface area (TPSA) is 50.9 Å². The maximum absolute atomic E-state index is 6.18. The maximum atomic E-state index is 6.18. The lowest BCUT2D eigenvalue weighted by atomic mass is 10.1. The van der Waals surface area contributed by atoms with Crippen LogP contribution >= 0.6 is 0 Å². The first kappa shape index (κ1) is 10.4. The fourth-order valence-electron chi connectivity index (χ4n) is 2.38. The molecule has 3 heteroatoms. The standard InChI is InChI=1S/C14H17N3/c1-2-9-8-13(9)17-12-6-5-11-10(14(12)15)4-3-7-16-11/h3-7,9,13,17H,2,8,15H2,1H3. The molecule has 88 valence electrons. The van der Waals surface area contributed by atoms with E-state index in [1.807, 2.05) is 24.3 Å². The van der Waals surface area contributed by atoms with Gasteiger partial charge in [0, 0.05) is 17.6 Å². The van der Waals surface area contributed by atoms with Crippen molar-refractivity contribution in [2.75, 3.05) is 11.1 Å². The van der Waals surface area contributed by atoms with Gasteiger partial charge < -0.3 is 11.1 Å². The van der Waals surface area contributed by atoms with E-state index in [-0.39, 0.29) is 0 Å². The van der Waals surface area contributed by atoms with Crippen molar-refractivity contribution in [2.45, 2.75) is 25.8 Å². The summed E-state index contributed by atoms with van der Waals surface area (Å²) in [5.74, 6) is 0.819. The molecule has 0 aliphatic heterocycles. The highest BCUT2D eigenvalue weighted by atomic mass is 15.0. The second-order valence-electron chi connectivity index (χ2n) is 4.75. The molecular weight excluding hydrogens is 210 g/mol. The zero-order valence-electron chi connectivity index (χ0n) is 9.98. The van der Waals surface area contributed by atoms with Crippen molar-refractivity contribution in [3.05, 3.63) is 30.5 Å². The second kappa shape index (κ2) is 3.91. The van der Waals surface area contributed by atoms with Crippen LogP contribution in [0.1, 0.15) is 19.8 Å². The zero-order chi connectivity index (χ0) is 11.8. The summed E-state index contributed by atoms with van der Waals surface area (Å²) in [5, 5.41) is 4.56. The van der Waals surface area contributed by atoms with Gasteiger partial charge in [-0.3, -0.25) is 4.98 Å². The molecule has 3 rings (SSSR count). The summed E-state index contributed by atoms with van der Waals surface area (Å²) in [6.45, 7) is 2.24. The van der Waals surface area contributed by atoms with Gasteiger partial charge in [-0.05, 0) is 36.6 Å². The predicted molar refractivity (Wildman–Crippen MR) is 72.0 cm³/mol. The van der Waals surface area contributed by atoms with Gasteiger partial charge in [-0.15, -0.1) is 0 Å². The van der Waals surface area contributed by atoms with Gasteiger partial charge >= 0.3 is 0 Å². The van der Waals surface area contributed by atoms with Crippen molar-refractivity contribution >= 4 is 22.3 Å². The van der Waals surface area contributed by atoms with E-state index in [2.05, 4.69) is 17.2 Å². The fourth-order valence-corrected chi connectivity index (χ4v) is 2.38. The van der Waals surface area contributed by atoms with E-state index >= 15 is 0 Å². The van der Waals surface area contributed by atoms with Gasteiger partial charge in [0.25, 0.3) is 0 Å². The van der Waals surface area contributed by atoms with Crippen molar-refractivity contribution in [3.8, 4) is 0 Å². The van der Waals surface area contributed by atoms with Crippen molar-refractivity contribution in [1.29, 1.82) is 0 Å². The predicted octanol–water partition coefficient (Wildman–Crippen LogP) is 3.03. The number of nitrogen functional groups attached to an aromatic ring is 1. The van der Waals surface area contributed by atoms with Crippen LogP contribution in [0.5, 0.6) is 0 Å². The average Bonchev–Trinajstić information content (AvgIpc) is 3.12. The minimum Gasteiger partial charge on any atom is -0.397 e. The van der Waals surface area contributed by atoms with Crippen molar-refractivity contribution in [1.82, 2.24) is 4.98 Å². The Bertz CT molecular complexity index is 550. The molecule has 17 heavy (non-hydrogen) atoms. The van der Waals surface area contributed by atoms with Crippen molar-refractivity contribution < 1.29 is 0 Å². The molecule has 2 atom stereocenters. The number of anilines is 2. The SMILES string of the molecule is CCC1CC1Nc1ccc2ncccc2c1N. The molecule has 2 aromatic rings. The zero-order valence-corrected chi connectivity index (χ0v) is 9.98. The molecule has 1 fully saturated rings. The van der Waals surface area contributed by atoms with Crippen LogP contribution in [-0.2, 0) is 0 Å².